The number of methoxy groups -OCH3 is 1. The molecule has 0 atom stereocenters. The van der Waals surface area contributed by atoms with Crippen LogP contribution in [0.4, 0.5) is 11.5 Å². The number of ether oxygens (including phenoxy) is 1. The van der Waals surface area contributed by atoms with Crippen LogP contribution in [0.3, 0.4) is 0 Å². The van der Waals surface area contributed by atoms with E-state index in [1.165, 1.54) is 0 Å². The third-order valence-corrected chi connectivity index (χ3v) is 3.05. The number of hydrogen-bond acceptors (Lipinski definition) is 4. The van der Waals surface area contributed by atoms with E-state index in [1.807, 2.05) is 24.3 Å². The monoisotopic (exact) mass is 272 g/mol. The van der Waals surface area contributed by atoms with E-state index in [-0.39, 0.29) is 0 Å². The maximum absolute atomic E-state index is 6.02. The molecule has 0 saturated carbocycles. The molecule has 0 radical (unpaired) electrons. The van der Waals surface area contributed by atoms with Crippen molar-refractivity contribution in [3.63, 3.8) is 0 Å². The summed E-state index contributed by atoms with van der Waals surface area (Å²) in [6.45, 7) is 2.98. The lowest BCUT2D eigenvalue weighted by atomic mass is 10.2. The Morgan fingerprint density at radius 3 is 2.75 bits per heavy atom. The number of rotatable bonds is 6. The molecule has 1 aromatic heterocycles. The van der Waals surface area contributed by atoms with Crippen molar-refractivity contribution in [2.45, 2.75) is 26.3 Å². The summed E-state index contributed by atoms with van der Waals surface area (Å²) in [5.41, 5.74) is 7.72. The Bertz CT molecular complexity index is 572. The van der Waals surface area contributed by atoms with Crippen LogP contribution >= 0.6 is 0 Å². The number of nitrogen functional groups attached to an aromatic ring is 1. The topological polar surface area (TPSA) is 65.4 Å². The Kier molecular flexibility index (Phi) is 4.76. The van der Waals surface area contributed by atoms with E-state index in [0.717, 1.165) is 30.7 Å². The minimum Gasteiger partial charge on any atom is -0.497 e. The lowest BCUT2D eigenvalue weighted by Crippen LogP contribution is -2.04. The Morgan fingerprint density at radius 2 is 2.10 bits per heavy atom. The Hall–Kier alpha value is -2.30. The standard InChI is InChI=1S/C15H20N4O/c1-3-4-9-19-15(16)14(11-18-19)17-10-12-5-7-13(20-2)8-6-12/h5-8,10-11H,3-4,9,16H2,1-2H3/b17-10+. The molecule has 0 amide bonds. The second kappa shape index (κ2) is 6.75. The summed E-state index contributed by atoms with van der Waals surface area (Å²) in [7, 11) is 1.65. The second-order valence-electron chi connectivity index (χ2n) is 4.52. The van der Waals surface area contributed by atoms with E-state index < -0.39 is 0 Å². The number of benzene rings is 1. The van der Waals surface area contributed by atoms with Crippen LogP contribution in [0.1, 0.15) is 25.3 Å². The van der Waals surface area contributed by atoms with Gasteiger partial charge in [-0.15, -0.1) is 0 Å². The molecular weight excluding hydrogens is 252 g/mol. The minimum atomic E-state index is 0.614. The first-order chi connectivity index (χ1) is 9.74. The van der Waals surface area contributed by atoms with Gasteiger partial charge in [0, 0.05) is 12.8 Å². The molecule has 5 nitrogen and oxygen atoms in total. The Labute approximate surface area is 119 Å². The van der Waals surface area contributed by atoms with Crippen LogP contribution in [-0.2, 0) is 6.54 Å². The van der Waals surface area contributed by atoms with Gasteiger partial charge in [0.2, 0.25) is 0 Å². The molecule has 20 heavy (non-hydrogen) atoms. The van der Waals surface area contributed by atoms with Crippen LogP contribution in [0.5, 0.6) is 5.75 Å². The molecule has 0 saturated heterocycles. The van der Waals surface area contributed by atoms with Gasteiger partial charge in [-0.05, 0) is 36.2 Å². The fraction of sp³-hybridized carbons (Fsp3) is 0.333. The third kappa shape index (κ3) is 3.38. The Balaban J connectivity index is 2.08. The molecule has 2 aromatic rings. The van der Waals surface area contributed by atoms with Gasteiger partial charge >= 0.3 is 0 Å². The molecule has 106 valence electrons. The predicted molar refractivity (Wildman–Crippen MR) is 81.8 cm³/mol. The summed E-state index contributed by atoms with van der Waals surface area (Å²) < 4.78 is 6.91. The number of aryl methyl sites for hydroxylation is 1. The summed E-state index contributed by atoms with van der Waals surface area (Å²) in [4.78, 5) is 4.39. The van der Waals surface area contributed by atoms with Gasteiger partial charge in [0.25, 0.3) is 0 Å². The van der Waals surface area contributed by atoms with Crippen LogP contribution in [0.15, 0.2) is 35.5 Å². The molecule has 0 aliphatic heterocycles. The molecule has 0 unspecified atom stereocenters. The van der Waals surface area contributed by atoms with Gasteiger partial charge in [0.15, 0.2) is 0 Å². The maximum Gasteiger partial charge on any atom is 0.147 e. The molecule has 2 rings (SSSR count). The van der Waals surface area contributed by atoms with Crippen molar-refractivity contribution in [2.75, 3.05) is 12.8 Å². The van der Waals surface area contributed by atoms with Gasteiger partial charge < -0.3 is 10.5 Å². The first-order valence-electron chi connectivity index (χ1n) is 6.74. The third-order valence-electron chi connectivity index (χ3n) is 3.05. The van der Waals surface area contributed by atoms with Gasteiger partial charge in [-0.25, -0.2) is 4.68 Å². The van der Waals surface area contributed by atoms with Crippen molar-refractivity contribution < 1.29 is 4.74 Å². The number of unbranched alkanes of at least 4 members (excludes halogenated alkanes) is 1. The van der Waals surface area contributed by atoms with Crippen molar-refractivity contribution in [1.29, 1.82) is 0 Å². The van der Waals surface area contributed by atoms with Crippen molar-refractivity contribution in [1.82, 2.24) is 9.78 Å². The molecule has 0 bridgehead atoms. The molecule has 0 fully saturated rings. The van der Waals surface area contributed by atoms with Gasteiger partial charge in [-0.2, -0.15) is 5.10 Å². The zero-order chi connectivity index (χ0) is 14.4. The van der Waals surface area contributed by atoms with Gasteiger partial charge in [-0.3, -0.25) is 4.99 Å². The fourth-order valence-corrected chi connectivity index (χ4v) is 1.80. The van der Waals surface area contributed by atoms with Crippen LogP contribution in [0, 0.1) is 0 Å². The summed E-state index contributed by atoms with van der Waals surface area (Å²) in [6.07, 6.45) is 5.65. The highest BCUT2D eigenvalue weighted by molar-refractivity contribution is 5.83. The quantitative estimate of drug-likeness (QED) is 0.822. The van der Waals surface area contributed by atoms with Crippen LogP contribution < -0.4 is 10.5 Å². The normalized spacial score (nSPS) is 11.1. The molecule has 1 heterocycles. The first-order valence-corrected chi connectivity index (χ1v) is 6.74. The molecule has 0 spiro atoms. The van der Waals surface area contributed by atoms with Crippen LogP contribution in [-0.4, -0.2) is 23.1 Å². The SMILES string of the molecule is CCCCn1ncc(/N=C/c2ccc(OC)cc2)c1N. The van der Waals surface area contributed by atoms with Crippen molar-refractivity contribution in [2.24, 2.45) is 4.99 Å². The molecule has 5 heteroatoms. The predicted octanol–water partition coefficient (Wildman–Crippen LogP) is 3.02. The van der Waals surface area contributed by atoms with E-state index in [1.54, 1.807) is 24.2 Å². The smallest absolute Gasteiger partial charge is 0.147 e. The van der Waals surface area contributed by atoms with E-state index in [9.17, 15) is 0 Å². The highest BCUT2D eigenvalue weighted by Gasteiger charge is 2.04. The number of hydrogen-bond donors (Lipinski definition) is 1. The van der Waals surface area contributed by atoms with Gasteiger partial charge in [0.05, 0.1) is 13.3 Å². The van der Waals surface area contributed by atoms with Crippen LogP contribution in [0.25, 0.3) is 0 Å². The summed E-state index contributed by atoms with van der Waals surface area (Å²) in [5.74, 6) is 1.44. The van der Waals surface area contributed by atoms with E-state index in [4.69, 9.17) is 10.5 Å². The summed E-state index contributed by atoms with van der Waals surface area (Å²) in [5, 5.41) is 4.25. The molecular formula is C15H20N4O. The Morgan fingerprint density at radius 1 is 1.35 bits per heavy atom. The second-order valence-corrected chi connectivity index (χ2v) is 4.52. The molecule has 0 aliphatic carbocycles. The summed E-state index contributed by atoms with van der Waals surface area (Å²) >= 11 is 0. The van der Waals surface area contributed by atoms with E-state index in [0.29, 0.717) is 11.5 Å². The first kappa shape index (κ1) is 14.1. The largest absolute Gasteiger partial charge is 0.497 e. The van der Waals surface area contributed by atoms with Gasteiger partial charge in [0.1, 0.15) is 17.3 Å². The lowest BCUT2D eigenvalue weighted by Gasteiger charge is -2.02. The number of nitrogens with two attached hydrogens (primary N) is 1. The van der Waals surface area contributed by atoms with Crippen molar-refractivity contribution in [3.05, 3.63) is 36.0 Å². The summed E-state index contributed by atoms with van der Waals surface area (Å²) in [6, 6.07) is 7.69. The van der Waals surface area contributed by atoms with Gasteiger partial charge in [-0.1, -0.05) is 13.3 Å². The molecule has 2 N–H and O–H groups in total. The lowest BCUT2D eigenvalue weighted by molar-refractivity contribution is 0.415. The maximum atomic E-state index is 6.02. The van der Waals surface area contributed by atoms with Crippen molar-refractivity contribution >= 4 is 17.7 Å². The average molecular weight is 272 g/mol. The zero-order valence-corrected chi connectivity index (χ0v) is 11.9. The fourth-order valence-electron chi connectivity index (χ4n) is 1.80. The van der Waals surface area contributed by atoms with Crippen molar-refractivity contribution in [3.8, 4) is 5.75 Å². The number of anilines is 1. The van der Waals surface area contributed by atoms with E-state index >= 15 is 0 Å². The minimum absolute atomic E-state index is 0.614. The zero-order valence-electron chi connectivity index (χ0n) is 11.9. The van der Waals surface area contributed by atoms with E-state index in [2.05, 4.69) is 17.0 Å². The number of aliphatic imine (C=N–C) groups is 1. The molecule has 1 aromatic carbocycles. The van der Waals surface area contributed by atoms with Crippen LogP contribution in [0.2, 0.25) is 0 Å². The highest BCUT2D eigenvalue weighted by Crippen LogP contribution is 2.21. The average Bonchev–Trinajstić information content (AvgIpc) is 2.84. The highest BCUT2D eigenvalue weighted by atomic mass is 16.5. The molecule has 0 aliphatic rings. The number of aromatic nitrogens is 2. The number of nitrogens with zero attached hydrogens (tertiary/aromatic N) is 3.